The lowest BCUT2D eigenvalue weighted by molar-refractivity contribution is -0.188. The number of carbonyl (C=O) groups is 1. The lowest BCUT2D eigenvalue weighted by Gasteiger charge is -2.40. The largest absolute Gasteiger partial charge is 0.396 e. The molecular formula is C15H25F3N2O2. The molecule has 128 valence electrons. The first kappa shape index (κ1) is 17.5. The van der Waals surface area contributed by atoms with Gasteiger partial charge in [0.15, 0.2) is 0 Å². The first-order valence-electron chi connectivity index (χ1n) is 7.91. The van der Waals surface area contributed by atoms with Crippen LogP contribution in [0.3, 0.4) is 0 Å². The Kier molecular flexibility index (Phi) is 5.37. The third kappa shape index (κ3) is 4.35. The molecule has 0 spiro atoms. The number of nitrogens with zero attached hydrogens (tertiary/aromatic N) is 2. The smallest absolute Gasteiger partial charge is 0.393 e. The summed E-state index contributed by atoms with van der Waals surface area (Å²) >= 11 is 0. The van der Waals surface area contributed by atoms with Crippen LogP contribution in [0.2, 0.25) is 0 Å². The molecule has 0 aromatic carbocycles. The van der Waals surface area contributed by atoms with Crippen LogP contribution in [0.15, 0.2) is 0 Å². The Bertz CT molecular complexity index is 403. The second-order valence-corrected chi connectivity index (χ2v) is 7.00. The number of piperidine rings is 2. The molecule has 0 radical (unpaired) electrons. The van der Waals surface area contributed by atoms with Crippen molar-refractivity contribution in [3.05, 3.63) is 0 Å². The fraction of sp³-hybridized carbons (Fsp3) is 0.933. The van der Waals surface area contributed by atoms with Gasteiger partial charge in [0.25, 0.3) is 0 Å². The van der Waals surface area contributed by atoms with Crippen molar-refractivity contribution in [2.24, 2.45) is 11.3 Å². The monoisotopic (exact) mass is 322 g/mol. The number of alkyl halides is 3. The number of carbonyl (C=O) groups excluding carboxylic acids is 1. The van der Waals surface area contributed by atoms with E-state index in [0.717, 1.165) is 19.4 Å². The number of amides is 1. The minimum atomic E-state index is -4.22. The van der Waals surface area contributed by atoms with E-state index in [4.69, 9.17) is 0 Å². The van der Waals surface area contributed by atoms with Crippen molar-refractivity contribution in [2.45, 2.75) is 38.8 Å². The van der Waals surface area contributed by atoms with Crippen LogP contribution in [0.25, 0.3) is 0 Å². The number of hydrogen-bond acceptors (Lipinski definition) is 3. The van der Waals surface area contributed by atoms with Crippen LogP contribution in [0, 0.1) is 11.3 Å². The van der Waals surface area contributed by atoms with Crippen molar-refractivity contribution in [2.75, 3.05) is 39.3 Å². The highest BCUT2D eigenvalue weighted by atomic mass is 19.4. The average molecular weight is 322 g/mol. The van der Waals surface area contributed by atoms with Gasteiger partial charge in [-0.15, -0.1) is 0 Å². The van der Waals surface area contributed by atoms with Crippen LogP contribution in [0.4, 0.5) is 13.2 Å². The molecule has 2 saturated heterocycles. The van der Waals surface area contributed by atoms with Gasteiger partial charge in [-0.25, -0.2) is 0 Å². The molecule has 7 heteroatoms. The van der Waals surface area contributed by atoms with E-state index in [1.54, 1.807) is 0 Å². The molecule has 1 amide bonds. The van der Waals surface area contributed by atoms with Gasteiger partial charge in [0.1, 0.15) is 0 Å². The fourth-order valence-corrected chi connectivity index (χ4v) is 3.45. The summed E-state index contributed by atoms with van der Waals surface area (Å²) in [5.41, 5.74) is -0.213. The second kappa shape index (κ2) is 6.74. The van der Waals surface area contributed by atoms with Crippen LogP contribution in [-0.2, 0) is 4.79 Å². The highest BCUT2D eigenvalue weighted by Gasteiger charge is 2.43. The molecule has 4 nitrogen and oxygen atoms in total. The molecule has 2 fully saturated rings. The van der Waals surface area contributed by atoms with Crippen LogP contribution in [0.5, 0.6) is 0 Å². The van der Waals surface area contributed by atoms with Crippen LogP contribution in [0.1, 0.15) is 32.6 Å². The van der Waals surface area contributed by atoms with Gasteiger partial charge in [0, 0.05) is 31.7 Å². The first-order chi connectivity index (χ1) is 10.2. The highest BCUT2D eigenvalue weighted by Crippen LogP contribution is 2.33. The summed E-state index contributed by atoms with van der Waals surface area (Å²) in [7, 11) is 0. The average Bonchev–Trinajstić information content (AvgIpc) is 2.46. The van der Waals surface area contributed by atoms with E-state index in [-0.39, 0.29) is 37.4 Å². The Labute approximate surface area is 129 Å². The topological polar surface area (TPSA) is 43.8 Å². The van der Waals surface area contributed by atoms with E-state index < -0.39 is 12.1 Å². The molecule has 0 aliphatic carbocycles. The van der Waals surface area contributed by atoms with Gasteiger partial charge in [0.2, 0.25) is 5.91 Å². The molecule has 1 N–H and O–H groups in total. The maximum atomic E-state index is 12.8. The molecule has 0 saturated carbocycles. The van der Waals surface area contributed by atoms with E-state index in [9.17, 15) is 23.1 Å². The Hall–Kier alpha value is -0.820. The van der Waals surface area contributed by atoms with Gasteiger partial charge >= 0.3 is 6.18 Å². The summed E-state index contributed by atoms with van der Waals surface area (Å²) < 4.78 is 38.4. The molecule has 2 rings (SSSR count). The van der Waals surface area contributed by atoms with Gasteiger partial charge in [0.05, 0.1) is 12.5 Å². The van der Waals surface area contributed by atoms with Crippen molar-refractivity contribution >= 4 is 5.91 Å². The number of aliphatic hydroxyl groups is 1. The summed E-state index contributed by atoms with van der Waals surface area (Å²) in [5, 5.41) is 9.43. The zero-order valence-electron chi connectivity index (χ0n) is 13.0. The summed E-state index contributed by atoms with van der Waals surface area (Å²) in [6.07, 6.45) is -1.90. The molecule has 2 aliphatic heterocycles. The number of hydrogen-bond donors (Lipinski definition) is 1. The van der Waals surface area contributed by atoms with Crippen LogP contribution >= 0.6 is 0 Å². The Balaban J connectivity index is 1.89. The van der Waals surface area contributed by atoms with Crippen molar-refractivity contribution in [1.82, 2.24) is 9.80 Å². The van der Waals surface area contributed by atoms with E-state index in [2.05, 4.69) is 0 Å². The standard InChI is InChI=1S/C15H25F3N2O2/c1-14(11-21)5-3-6-19(10-14)9-13(22)20-7-2-4-12(8-20)15(16,17)18/h12,21H,2-11H2,1H3. The lowest BCUT2D eigenvalue weighted by atomic mass is 9.83. The first-order valence-corrected chi connectivity index (χ1v) is 7.91. The molecule has 22 heavy (non-hydrogen) atoms. The quantitative estimate of drug-likeness (QED) is 0.863. The van der Waals surface area contributed by atoms with Gasteiger partial charge < -0.3 is 10.0 Å². The van der Waals surface area contributed by atoms with Gasteiger partial charge in [-0.3, -0.25) is 9.69 Å². The zero-order chi connectivity index (χ0) is 16.4. The lowest BCUT2D eigenvalue weighted by Crippen LogP contribution is -2.51. The summed E-state index contributed by atoms with van der Waals surface area (Å²) in [6.45, 7) is 3.77. The Morgan fingerprint density at radius 3 is 2.68 bits per heavy atom. The Morgan fingerprint density at radius 2 is 2.05 bits per heavy atom. The van der Waals surface area contributed by atoms with Crippen molar-refractivity contribution < 1.29 is 23.1 Å². The molecule has 2 aliphatic rings. The van der Waals surface area contributed by atoms with Gasteiger partial charge in [-0.2, -0.15) is 13.2 Å². The molecule has 2 heterocycles. The highest BCUT2D eigenvalue weighted by molar-refractivity contribution is 5.78. The minimum Gasteiger partial charge on any atom is -0.396 e. The fourth-order valence-electron chi connectivity index (χ4n) is 3.45. The maximum absolute atomic E-state index is 12.8. The molecule has 2 atom stereocenters. The van der Waals surface area contributed by atoms with E-state index in [0.29, 0.717) is 19.5 Å². The number of likely N-dealkylation sites (tertiary alicyclic amines) is 2. The number of aliphatic hydroxyl groups excluding tert-OH is 1. The van der Waals surface area contributed by atoms with Crippen molar-refractivity contribution in [3.63, 3.8) is 0 Å². The predicted octanol–water partition coefficient (Wildman–Crippen LogP) is 1.88. The minimum absolute atomic E-state index is 0.0670. The van der Waals surface area contributed by atoms with E-state index in [1.807, 2.05) is 11.8 Å². The zero-order valence-corrected chi connectivity index (χ0v) is 13.0. The predicted molar refractivity (Wildman–Crippen MR) is 76.2 cm³/mol. The number of rotatable bonds is 3. The third-order valence-corrected chi connectivity index (χ3v) is 4.84. The summed E-state index contributed by atoms with van der Waals surface area (Å²) in [5.74, 6) is -1.62. The SMILES string of the molecule is CC1(CO)CCCN(CC(=O)N2CCCC(C(F)(F)F)C2)C1. The summed E-state index contributed by atoms with van der Waals surface area (Å²) in [6, 6.07) is 0. The Morgan fingerprint density at radius 1 is 1.32 bits per heavy atom. The molecule has 0 aromatic heterocycles. The molecule has 0 aromatic rings. The second-order valence-electron chi connectivity index (χ2n) is 7.00. The number of halogens is 3. The van der Waals surface area contributed by atoms with Crippen molar-refractivity contribution in [3.8, 4) is 0 Å². The molecule has 0 bridgehead atoms. The summed E-state index contributed by atoms with van der Waals surface area (Å²) in [4.78, 5) is 15.6. The van der Waals surface area contributed by atoms with Gasteiger partial charge in [-0.05, 0) is 32.2 Å². The normalized spacial score (nSPS) is 31.3. The third-order valence-electron chi connectivity index (χ3n) is 4.84. The van der Waals surface area contributed by atoms with Crippen LogP contribution < -0.4 is 0 Å². The van der Waals surface area contributed by atoms with E-state index in [1.165, 1.54) is 4.90 Å². The molecule has 2 unspecified atom stereocenters. The van der Waals surface area contributed by atoms with E-state index >= 15 is 0 Å². The van der Waals surface area contributed by atoms with Crippen molar-refractivity contribution in [1.29, 1.82) is 0 Å². The maximum Gasteiger partial charge on any atom is 0.393 e. The van der Waals surface area contributed by atoms with Crippen LogP contribution in [-0.4, -0.2) is 66.3 Å². The van der Waals surface area contributed by atoms with Gasteiger partial charge in [-0.1, -0.05) is 6.92 Å². The molecular weight excluding hydrogens is 297 g/mol.